The molecule has 0 aliphatic heterocycles. The van der Waals surface area contributed by atoms with Crippen LogP contribution in [0, 0.1) is 0 Å². The number of hydrogen-bond acceptors (Lipinski definition) is 4. The van der Waals surface area contributed by atoms with E-state index in [1.807, 2.05) is 6.92 Å². The minimum Gasteiger partial charge on any atom is -0.481 e. The van der Waals surface area contributed by atoms with Gasteiger partial charge in [-0.2, -0.15) is 0 Å². The number of esters is 1. The van der Waals surface area contributed by atoms with Crippen LogP contribution in [0.2, 0.25) is 0 Å². The van der Waals surface area contributed by atoms with Gasteiger partial charge in [-0.15, -0.1) is 0 Å². The second-order valence-corrected chi connectivity index (χ2v) is 9.10. The zero-order valence-electron chi connectivity index (χ0n) is 20.5. The summed E-state index contributed by atoms with van der Waals surface area (Å²) >= 11 is 0. The molecule has 0 saturated carbocycles. The van der Waals surface area contributed by atoms with Crippen molar-refractivity contribution in [1.82, 2.24) is 0 Å². The monoisotopic (exact) mass is 441 g/mol. The molecular weight excluding hydrogens is 390 g/mol. The van der Waals surface area contributed by atoms with E-state index in [9.17, 15) is 9.59 Å². The van der Waals surface area contributed by atoms with Gasteiger partial charge in [-0.05, 0) is 25.7 Å². The number of nitrogens with two attached hydrogens (primary N) is 1. The van der Waals surface area contributed by atoms with Crippen LogP contribution >= 0.6 is 0 Å². The van der Waals surface area contributed by atoms with Gasteiger partial charge < -0.3 is 15.6 Å². The third kappa shape index (κ3) is 20.6. The lowest BCUT2D eigenvalue weighted by Crippen LogP contribution is -2.35. The first-order valence-electron chi connectivity index (χ1n) is 13.2. The van der Waals surface area contributed by atoms with Crippen molar-refractivity contribution in [2.45, 2.75) is 154 Å². The quantitative estimate of drug-likeness (QED) is 0.130. The molecule has 0 amide bonds. The average Bonchev–Trinajstić information content (AvgIpc) is 2.76. The SMILES string of the molecule is CCCCCCCCCCCCCCCCCCC(CC)OC(=O)[C@@H](N)CCC(=O)O. The van der Waals surface area contributed by atoms with E-state index in [1.165, 1.54) is 96.3 Å². The second kappa shape index (κ2) is 22.1. The van der Waals surface area contributed by atoms with Crippen LogP contribution in [0.3, 0.4) is 0 Å². The van der Waals surface area contributed by atoms with Gasteiger partial charge in [0.2, 0.25) is 0 Å². The van der Waals surface area contributed by atoms with Crippen LogP contribution in [-0.4, -0.2) is 29.2 Å². The highest BCUT2D eigenvalue weighted by Crippen LogP contribution is 2.16. The first kappa shape index (κ1) is 29.9. The van der Waals surface area contributed by atoms with E-state index in [0.717, 1.165) is 19.3 Å². The van der Waals surface area contributed by atoms with Crippen LogP contribution in [0.25, 0.3) is 0 Å². The molecule has 0 heterocycles. The molecule has 0 aromatic carbocycles. The lowest BCUT2D eigenvalue weighted by atomic mass is 10.0. The number of carboxylic acid groups (broad SMARTS) is 1. The average molecular weight is 442 g/mol. The van der Waals surface area contributed by atoms with Crippen molar-refractivity contribution in [3.05, 3.63) is 0 Å². The Balaban J connectivity index is 3.48. The van der Waals surface area contributed by atoms with Crippen molar-refractivity contribution in [3.63, 3.8) is 0 Å². The Hall–Kier alpha value is -1.10. The van der Waals surface area contributed by atoms with Gasteiger partial charge in [0.15, 0.2) is 0 Å². The molecule has 0 bridgehead atoms. The van der Waals surface area contributed by atoms with E-state index < -0.39 is 18.0 Å². The number of ether oxygens (including phenoxy) is 1. The maximum absolute atomic E-state index is 12.0. The Bertz CT molecular complexity index is 428. The van der Waals surface area contributed by atoms with Crippen LogP contribution in [0.1, 0.15) is 142 Å². The van der Waals surface area contributed by atoms with Gasteiger partial charge in [0, 0.05) is 6.42 Å². The Morgan fingerprint density at radius 2 is 1.13 bits per heavy atom. The summed E-state index contributed by atoms with van der Waals surface area (Å²) in [7, 11) is 0. The first-order chi connectivity index (χ1) is 15.0. The highest BCUT2D eigenvalue weighted by molar-refractivity contribution is 5.76. The fourth-order valence-electron chi connectivity index (χ4n) is 3.91. The molecule has 0 spiro atoms. The fourth-order valence-corrected chi connectivity index (χ4v) is 3.91. The molecule has 0 aliphatic carbocycles. The van der Waals surface area contributed by atoms with Gasteiger partial charge in [-0.1, -0.05) is 110 Å². The fraction of sp³-hybridized carbons (Fsp3) is 0.923. The van der Waals surface area contributed by atoms with Crippen molar-refractivity contribution in [1.29, 1.82) is 0 Å². The third-order valence-electron chi connectivity index (χ3n) is 6.09. The van der Waals surface area contributed by atoms with Crippen LogP contribution in [0.15, 0.2) is 0 Å². The Labute approximate surface area is 191 Å². The van der Waals surface area contributed by atoms with Crippen molar-refractivity contribution in [2.24, 2.45) is 5.73 Å². The normalized spacial score (nSPS) is 13.1. The Morgan fingerprint density at radius 3 is 1.52 bits per heavy atom. The summed E-state index contributed by atoms with van der Waals surface area (Å²) < 4.78 is 5.46. The molecule has 5 heteroatoms. The molecule has 3 N–H and O–H groups in total. The Kier molecular flexibility index (Phi) is 21.3. The zero-order valence-corrected chi connectivity index (χ0v) is 20.5. The van der Waals surface area contributed by atoms with Crippen molar-refractivity contribution >= 4 is 11.9 Å². The van der Waals surface area contributed by atoms with E-state index in [-0.39, 0.29) is 18.9 Å². The Morgan fingerprint density at radius 1 is 0.710 bits per heavy atom. The molecule has 1 unspecified atom stereocenters. The van der Waals surface area contributed by atoms with E-state index in [1.54, 1.807) is 0 Å². The summed E-state index contributed by atoms with van der Waals surface area (Å²) in [5.74, 6) is -1.41. The predicted molar refractivity (Wildman–Crippen MR) is 129 cm³/mol. The molecule has 0 rings (SSSR count). The number of carboxylic acids is 1. The first-order valence-corrected chi connectivity index (χ1v) is 13.2. The summed E-state index contributed by atoms with van der Waals surface area (Å²) in [6.07, 6.45) is 23.1. The minimum absolute atomic E-state index is 0.102. The molecule has 2 atom stereocenters. The lowest BCUT2D eigenvalue weighted by Gasteiger charge is -2.18. The van der Waals surface area contributed by atoms with Crippen molar-refractivity contribution < 1.29 is 19.4 Å². The van der Waals surface area contributed by atoms with Crippen LogP contribution in [0.4, 0.5) is 0 Å². The van der Waals surface area contributed by atoms with E-state index in [2.05, 4.69) is 6.92 Å². The smallest absolute Gasteiger partial charge is 0.323 e. The largest absolute Gasteiger partial charge is 0.481 e. The van der Waals surface area contributed by atoms with Crippen molar-refractivity contribution in [3.8, 4) is 0 Å². The summed E-state index contributed by atoms with van der Waals surface area (Å²) in [5, 5.41) is 8.67. The highest BCUT2D eigenvalue weighted by Gasteiger charge is 2.20. The van der Waals surface area contributed by atoms with E-state index >= 15 is 0 Å². The van der Waals surface area contributed by atoms with Gasteiger partial charge in [0.25, 0.3) is 0 Å². The third-order valence-corrected chi connectivity index (χ3v) is 6.09. The number of carbonyl (C=O) groups is 2. The summed E-state index contributed by atoms with van der Waals surface area (Å²) in [6, 6.07) is -0.837. The van der Waals surface area contributed by atoms with Gasteiger partial charge >= 0.3 is 11.9 Å². The number of rotatable bonds is 23. The van der Waals surface area contributed by atoms with Crippen LogP contribution in [0.5, 0.6) is 0 Å². The molecule has 0 aliphatic rings. The maximum atomic E-state index is 12.0. The van der Waals surface area contributed by atoms with Gasteiger partial charge in [0.1, 0.15) is 12.1 Å². The number of carbonyl (C=O) groups excluding carboxylic acids is 1. The molecule has 184 valence electrons. The topological polar surface area (TPSA) is 89.6 Å². The molecular formula is C26H51NO4. The van der Waals surface area contributed by atoms with E-state index in [0.29, 0.717) is 0 Å². The standard InChI is InChI=1S/C26H51NO4/c1-3-5-6-7-8-9-10-11-12-13-14-15-16-17-18-19-20-23(4-2)31-26(30)24(27)21-22-25(28)29/h23-24H,3-22,27H2,1-2H3,(H,28,29)/t23?,24-/m0/s1. The molecule has 0 aromatic heterocycles. The van der Waals surface area contributed by atoms with Crippen LogP contribution < -0.4 is 5.73 Å². The summed E-state index contributed by atoms with van der Waals surface area (Å²) in [4.78, 5) is 22.5. The molecule has 0 aromatic rings. The van der Waals surface area contributed by atoms with Gasteiger partial charge in [-0.3, -0.25) is 9.59 Å². The minimum atomic E-state index is -0.941. The van der Waals surface area contributed by atoms with Crippen molar-refractivity contribution in [2.75, 3.05) is 0 Å². The number of hydrogen-bond donors (Lipinski definition) is 2. The molecule has 31 heavy (non-hydrogen) atoms. The highest BCUT2D eigenvalue weighted by atomic mass is 16.5. The van der Waals surface area contributed by atoms with Crippen LogP contribution in [-0.2, 0) is 14.3 Å². The van der Waals surface area contributed by atoms with E-state index in [4.69, 9.17) is 15.6 Å². The second-order valence-electron chi connectivity index (χ2n) is 9.10. The number of aliphatic carboxylic acids is 1. The van der Waals surface area contributed by atoms with Gasteiger partial charge in [-0.25, -0.2) is 0 Å². The maximum Gasteiger partial charge on any atom is 0.323 e. The summed E-state index contributed by atoms with van der Waals surface area (Å²) in [5.41, 5.74) is 5.72. The molecule has 0 fully saturated rings. The predicted octanol–water partition coefficient (Wildman–Crippen LogP) is 7.15. The lowest BCUT2D eigenvalue weighted by molar-refractivity contribution is -0.151. The molecule has 5 nitrogen and oxygen atoms in total. The molecule has 0 saturated heterocycles. The zero-order chi connectivity index (χ0) is 23.2. The molecule has 0 radical (unpaired) electrons. The summed E-state index contributed by atoms with van der Waals surface area (Å²) in [6.45, 7) is 4.28. The van der Waals surface area contributed by atoms with Gasteiger partial charge in [0.05, 0.1) is 0 Å². The number of unbranched alkanes of at least 4 members (excludes halogenated alkanes) is 15.